The first-order valence-electron chi connectivity index (χ1n) is 9.38. The van der Waals surface area contributed by atoms with Crippen LogP contribution in [0.3, 0.4) is 0 Å². The van der Waals surface area contributed by atoms with Crippen LogP contribution in [-0.4, -0.2) is 42.6 Å². The van der Waals surface area contributed by atoms with Crippen molar-refractivity contribution in [1.29, 1.82) is 0 Å². The summed E-state index contributed by atoms with van der Waals surface area (Å²) in [5.74, 6) is -1.67. The number of fused-ring (bicyclic) bond motifs is 1. The summed E-state index contributed by atoms with van der Waals surface area (Å²) >= 11 is 0. The van der Waals surface area contributed by atoms with Gasteiger partial charge in [0.25, 0.3) is 11.8 Å². The summed E-state index contributed by atoms with van der Waals surface area (Å²) in [6.07, 6.45) is 2.39. The third-order valence-electron chi connectivity index (χ3n) is 5.95. The number of halogens is 2. The summed E-state index contributed by atoms with van der Waals surface area (Å²) in [5.41, 5.74) is 1.60. The summed E-state index contributed by atoms with van der Waals surface area (Å²) in [6.45, 7) is 5.86. The summed E-state index contributed by atoms with van der Waals surface area (Å²) < 4.78 is 32.4. The normalized spacial score (nSPS) is 27.4. The molecule has 1 aliphatic carbocycles. The molecule has 0 aromatic carbocycles. The first-order chi connectivity index (χ1) is 12.3. The maximum Gasteiger partial charge on any atom is 0.256 e. The molecule has 1 aromatic rings. The lowest BCUT2D eigenvalue weighted by molar-refractivity contribution is -0.0245. The molecule has 0 spiro atoms. The summed E-state index contributed by atoms with van der Waals surface area (Å²) in [6, 6.07) is 1.96. The van der Waals surface area contributed by atoms with E-state index in [4.69, 9.17) is 9.72 Å². The zero-order valence-corrected chi connectivity index (χ0v) is 15.3. The van der Waals surface area contributed by atoms with Crippen molar-refractivity contribution in [2.24, 2.45) is 5.41 Å². The molecule has 7 heteroatoms. The van der Waals surface area contributed by atoms with Crippen LogP contribution in [0.4, 0.5) is 14.6 Å². The standard InChI is InChI=1S/C19H25F2N3O2/c1-3-12-8-14-15(9-22-17(14)25)23-16(12)24-6-4-13(5-7-24)26-11-18(2)10-19(18,20)21/h8,13H,3-7,9-11H2,1-2H3,(H,22,25). The second-order valence-electron chi connectivity index (χ2n) is 7.94. The molecule has 1 atom stereocenters. The zero-order chi connectivity index (χ0) is 18.5. The van der Waals surface area contributed by atoms with Crippen molar-refractivity contribution in [1.82, 2.24) is 10.3 Å². The van der Waals surface area contributed by atoms with E-state index in [2.05, 4.69) is 17.1 Å². The summed E-state index contributed by atoms with van der Waals surface area (Å²) in [7, 11) is 0. The fraction of sp³-hybridized carbons (Fsp3) is 0.684. The third-order valence-corrected chi connectivity index (χ3v) is 5.95. The van der Waals surface area contributed by atoms with Crippen LogP contribution in [0.25, 0.3) is 0 Å². The molecule has 3 heterocycles. The molecule has 1 amide bonds. The summed E-state index contributed by atoms with van der Waals surface area (Å²) in [5, 5.41) is 2.82. The van der Waals surface area contributed by atoms with Gasteiger partial charge in [0.05, 0.1) is 35.9 Å². The number of nitrogens with one attached hydrogen (secondary N) is 1. The van der Waals surface area contributed by atoms with E-state index in [9.17, 15) is 13.6 Å². The number of amides is 1. The number of carbonyl (C=O) groups excluding carboxylic acids is 1. The number of carbonyl (C=O) groups is 1. The smallest absolute Gasteiger partial charge is 0.256 e. The van der Waals surface area contributed by atoms with E-state index < -0.39 is 11.3 Å². The zero-order valence-electron chi connectivity index (χ0n) is 15.3. The molecule has 0 radical (unpaired) electrons. The molecular formula is C19H25F2N3O2. The lowest BCUT2D eigenvalue weighted by Gasteiger charge is -2.34. The molecule has 4 rings (SSSR count). The van der Waals surface area contributed by atoms with Crippen LogP contribution < -0.4 is 10.2 Å². The van der Waals surface area contributed by atoms with E-state index in [1.807, 2.05) is 6.07 Å². The molecule has 2 aliphatic heterocycles. The Hall–Kier alpha value is -1.76. The van der Waals surface area contributed by atoms with Gasteiger partial charge in [-0.1, -0.05) is 13.8 Å². The van der Waals surface area contributed by atoms with Gasteiger partial charge in [-0.05, 0) is 30.9 Å². The highest BCUT2D eigenvalue weighted by atomic mass is 19.3. The average molecular weight is 365 g/mol. The SMILES string of the molecule is CCc1cc2c(nc1N1CCC(OCC3(C)CC3(F)F)CC1)CNC2=O. The van der Waals surface area contributed by atoms with Gasteiger partial charge in [-0.3, -0.25) is 4.79 Å². The fourth-order valence-electron chi connectivity index (χ4n) is 3.84. The second kappa shape index (κ2) is 6.15. The Labute approximate surface area is 152 Å². The molecule has 1 unspecified atom stereocenters. The molecule has 1 N–H and O–H groups in total. The Bertz CT molecular complexity index is 732. The predicted octanol–water partition coefficient (Wildman–Crippen LogP) is 2.92. The van der Waals surface area contributed by atoms with E-state index in [-0.39, 0.29) is 25.0 Å². The molecule has 1 saturated heterocycles. The van der Waals surface area contributed by atoms with Gasteiger partial charge in [0.15, 0.2) is 0 Å². The van der Waals surface area contributed by atoms with Gasteiger partial charge < -0.3 is 15.0 Å². The molecule has 3 aliphatic rings. The van der Waals surface area contributed by atoms with Gasteiger partial charge in [0.2, 0.25) is 0 Å². The number of hydrogen-bond acceptors (Lipinski definition) is 4. The largest absolute Gasteiger partial charge is 0.377 e. The lowest BCUT2D eigenvalue weighted by Crippen LogP contribution is -2.39. The highest BCUT2D eigenvalue weighted by Gasteiger charge is 2.68. The first kappa shape index (κ1) is 17.6. The molecule has 0 bridgehead atoms. The number of pyridine rings is 1. The predicted molar refractivity (Wildman–Crippen MR) is 93.6 cm³/mol. The Balaban J connectivity index is 1.38. The van der Waals surface area contributed by atoms with Gasteiger partial charge in [-0.25, -0.2) is 13.8 Å². The molecule has 142 valence electrons. The minimum atomic E-state index is -2.57. The molecule has 26 heavy (non-hydrogen) atoms. The number of piperidine rings is 1. The van der Waals surface area contributed by atoms with Gasteiger partial charge in [-0.15, -0.1) is 0 Å². The van der Waals surface area contributed by atoms with Crippen LogP contribution in [0.1, 0.15) is 54.7 Å². The van der Waals surface area contributed by atoms with Crippen molar-refractivity contribution in [3.05, 3.63) is 22.9 Å². The van der Waals surface area contributed by atoms with E-state index in [1.54, 1.807) is 6.92 Å². The van der Waals surface area contributed by atoms with Crippen molar-refractivity contribution in [3.8, 4) is 0 Å². The number of hydrogen-bond donors (Lipinski definition) is 1. The van der Waals surface area contributed by atoms with Gasteiger partial charge in [-0.2, -0.15) is 0 Å². The summed E-state index contributed by atoms with van der Waals surface area (Å²) in [4.78, 5) is 18.8. The minimum Gasteiger partial charge on any atom is -0.377 e. The lowest BCUT2D eigenvalue weighted by atomic mass is 10.0. The molecule has 5 nitrogen and oxygen atoms in total. The average Bonchev–Trinajstić information content (AvgIpc) is 2.94. The minimum absolute atomic E-state index is 0.0298. The van der Waals surface area contributed by atoms with Crippen molar-refractivity contribution in [2.45, 2.75) is 58.1 Å². The van der Waals surface area contributed by atoms with Gasteiger partial charge in [0.1, 0.15) is 5.82 Å². The Morgan fingerprint density at radius 3 is 2.69 bits per heavy atom. The Kier molecular flexibility index (Phi) is 4.17. The monoisotopic (exact) mass is 365 g/mol. The van der Waals surface area contributed by atoms with Crippen LogP contribution in [-0.2, 0) is 17.7 Å². The van der Waals surface area contributed by atoms with Crippen LogP contribution in [0.2, 0.25) is 0 Å². The number of nitrogens with zero attached hydrogens (tertiary/aromatic N) is 2. The molecule has 1 aromatic heterocycles. The number of anilines is 1. The first-order valence-corrected chi connectivity index (χ1v) is 9.38. The van der Waals surface area contributed by atoms with Crippen molar-refractivity contribution < 1.29 is 18.3 Å². The number of aromatic nitrogens is 1. The number of ether oxygens (including phenoxy) is 1. The van der Waals surface area contributed by atoms with E-state index >= 15 is 0 Å². The second-order valence-corrected chi connectivity index (χ2v) is 7.94. The van der Waals surface area contributed by atoms with E-state index in [0.29, 0.717) is 12.1 Å². The van der Waals surface area contributed by atoms with Gasteiger partial charge >= 0.3 is 0 Å². The topological polar surface area (TPSA) is 54.5 Å². The quantitative estimate of drug-likeness (QED) is 0.872. The van der Waals surface area contributed by atoms with Crippen LogP contribution >= 0.6 is 0 Å². The highest BCUT2D eigenvalue weighted by molar-refractivity contribution is 5.98. The molecular weight excluding hydrogens is 340 g/mol. The number of aryl methyl sites for hydroxylation is 1. The number of alkyl halides is 2. The molecule has 1 saturated carbocycles. The number of rotatable bonds is 5. The van der Waals surface area contributed by atoms with Crippen molar-refractivity contribution >= 4 is 11.7 Å². The Morgan fingerprint density at radius 2 is 2.08 bits per heavy atom. The van der Waals surface area contributed by atoms with Gasteiger partial charge in [0, 0.05) is 19.5 Å². The maximum absolute atomic E-state index is 13.3. The third kappa shape index (κ3) is 2.96. The maximum atomic E-state index is 13.3. The molecule has 2 fully saturated rings. The van der Waals surface area contributed by atoms with E-state index in [0.717, 1.165) is 49.4 Å². The Morgan fingerprint density at radius 1 is 1.38 bits per heavy atom. The van der Waals surface area contributed by atoms with Crippen LogP contribution in [0.15, 0.2) is 6.07 Å². The fourth-order valence-corrected chi connectivity index (χ4v) is 3.84. The highest BCUT2D eigenvalue weighted by Crippen LogP contribution is 2.60. The van der Waals surface area contributed by atoms with E-state index in [1.165, 1.54) is 0 Å². The van der Waals surface area contributed by atoms with Crippen LogP contribution in [0.5, 0.6) is 0 Å². The van der Waals surface area contributed by atoms with Crippen LogP contribution in [0, 0.1) is 5.41 Å². The van der Waals surface area contributed by atoms with Crippen molar-refractivity contribution in [3.63, 3.8) is 0 Å². The van der Waals surface area contributed by atoms with Crippen molar-refractivity contribution in [2.75, 3.05) is 24.6 Å².